The first kappa shape index (κ1) is 21.4. The summed E-state index contributed by atoms with van der Waals surface area (Å²) >= 11 is 0. The highest BCUT2D eigenvalue weighted by atomic mass is 28.4. The predicted octanol–water partition coefficient (Wildman–Crippen LogP) is 5.03. The zero-order chi connectivity index (χ0) is 19.2. The Balaban J connectivity index is 2.09. The molecule has 0 aromatic rings. The number of esters is 1. The van der Waals surface area contributed by atoms with Gasteiger partial charge in [0.05, 0.1) is 12.5 Å². The van der Waals surface area contributed by atoms with Crippen molar-refractivity contribution in [2.24, 2.45) is 11.8 Å². The van der Waals surface area contributed by atoms with Crippen LogP contribution < -0.4 is 0 Å². The second-order valence-corrected chi connectivity index (χ2v) is 12.6. The van der Waals surface area contributed by atoms with Gasteiger partial charge in [0.15, 0.2) is 14.1 Å². The summed E-state index contributed by atoms with van der Waals surface area (Å²) in [6.45, 7) is 8.84. The standard InChI is InChI=1S/C21H36O4Si/c1-5-9-10-11-16(22)12-13-17-18-14-21(23)24-19(18)15-20(17)25-26(6-2,7-3)8-4/h12-13,17-20H,5-11,14-15H2,1-4H3/b13-12+/t17-,18-,19+,20?/m1/s1. The first-order valence-electron chi connectivity index (χ1n) is 10.6. The molecule has 0 aromatic heterocycles. The molecule has 0 radical (unpaired) electrons. The van der Waals surface area contributed by atoms with E-state index in [0.29, 0.717) is 12.8 Å². The van der Waals surface area contributed by atoms with Gasteiger partial charge in [-0.05, 0) is 30.6 Å². The lowest BCUT2D eigenvalue weighted by Gasteiger charge is -2.34. The summed E-state index contributed by atoms with van der Waals surface area (Å²) in [5.41, 5.74) is 0. The van der Waals surface area contributed by atoms with Crippen molar-refractivity contribution in [3.63, 3.8) is 0 Å². The van der Waals surface area contributed by atoms with Crippen LogP contribution in [-0.4, -0.2) is 32.3 Å². The highest BCUT2D eigenvalue weighted by molar-refractivity contribution is 6.73. The van der Waals surface area contributed by atoms with Gasteiger partial charge in [0.2, 0.25) is 0 Å². The molecule has 5 heteroatoms. The molecule has 1 saturated carbocycles. The van der Waals surface area contributed by atoms with Crippen molar-refractivity contribution in [1.29, 1.82) is 0 Å². The third-order valence-corrected chi connectivity index (χ3v) is 11.1. The van der Waals surface area contributed by atoms with Gasteiger partial charge >= 0.3 is 5.97 Å². The second-order valence-electron chi connectivity index (χ2n) is 7.89. The number of ether oxygens (including phenoxy) is 1. The van der Waals surface area contributed by atoms with Crippen LogP contribution in [-0.2, 0) is 18.8 Å². The van der Waals surface area contributed by atoms with Crippen LogP contribution >= 0.6 is 0 Å². The van der Waals surface area contributed by atoms with Crippen LogP contribution in [0, 0.1) is 11.8 Å². The van der Waals surface area contributed by atoms with E-state index in [2.05, 4.69) is 27.7 Å². The average molecular weight is 381 g/mol. The van der Waals surface area contributed by atoms with Crippen LogP contribution in [0.3, 0.4) is 0 Å². The first-order chi connectivity index (χ1) is 12.5. The number of hydrogen-bond donors (Lipinski definition) is 0. The fourth-order valence-corrected chi connectivity index (χ4v) is 7.36. The molecule has 1 heterocycles. The van der Waals surface area contributed by atoms with E-state index in [0.717, 1.165) is 43.8 Å². The van der Waals surface area contributed by atoms with E-state index < -0.39 is 8.32 Å². The molecule has 26 heavy (non-hydrogen) atoms. The Bertz CT molecular complexity index is 504. The molecule has 148 valence electrons. The van der Waals surface area contributed by atoms with Gasteiger partial charge in [0, 0.05) is 24.7 Å². The minimum atomic E-state index is -1.73. The molecule has 2 aliphatic rings. The molecule has 0 N–H and O–H groups in total. The zero-order valence-corrected chi connectivity index (χ0v) is 18.0. The van der Waals surface area contributed by atoms with E-state index in [1.54, 1.807) is 6.08 Å². The van der Waals surface area contributed by atoms with Crippen molar-refractivity contribution >= 4 is 20.1 Å². The number of allylic oxidation sites excluding steroid dienone is 1. The van der Waals surface area contributed by atoms with Gasteiger partial charge in [-0.1, -0.05) is 46.6 Å². The number of ketones is 1. The number of fused-ring (bicyclic) bond motifs is 1. The van der Waals surface area contributed by atoms with Gasteiger partial charge in [-0.15, -0.1) is 0 Å². The van der Waals surface area contributed by atoms with Crippen molar-refractivity contribution in [1.82, 2.24) is 0 Å². The number of rotatable bonds is 11. The van der Waals surface area contributed by atoms with Crippen molar-refractivity contribution < 1.29 is 18.8 Å². The smallest absolute Gasteiger partial charge is 0.306 e. The molecular formula is C21H36O4Si. The van der Waals surface area contributed by atoms with Crippen molar-refractivity contribution in [3.8, 4) is 0 Å². The number of carbonyl (C=O) groups is 2. The van der Waals surface area contributed by atoms with Gasteiger partial charge in [-0.2, -0.15) is 0 Å². The van der Waals surface area contributed by atoms with Crippen molar-refractivity contribution in [3.05, 3.63) is 12.2 Å². The quantitative estimate of drug-likeness (QED) is 0.218. The Morgan fingerprint density at radius 2 is 1.88 bits per heavy atom. The normalized spacial score (nSPS) is 28.5. The third kappa shape index (κ3) is 5.07. The Labute approximate surface area is 159 Å². The SMILES string of the molecule is CCCCCC(=O)/C=C/[C@H]1C(O[Si](CC)(CC)CC)C[C@@H]2OC(=O)C[C@@H]21. The molecule has 2 rings (SSSR count). The topological polar surface area (TPSA) is 52.6 Å². The lowest BCUT2D eigenvalue weighted by molar-refractivity contribution is -0.141. The lowest BCUT2D eigenvalue weighted by atomic mass is 9.91. The summed E-state index contributed by atoms with van der Waals surface area (Å²) < 4.78 is 12.3. The summed E-state index contributed by atoms with van der Waals surface area (Å²) in [4.78, 5) is 23.9. The van der Waals surface area contributed by atoms with Crippen LogP contribution in [0.4, 0.5) is 0 Å². The van der Waals surface area contributed by atoms with E-state index in [-0.39, 0.29) is 35.8 Å². The second kappa shape index (κ2) is 9.84. The highest BCUT2D eigenvalue weighted by Gasteiger charge is 2.51. The fraction of sp³-hybridized carbons (Fsp3) is 0.810. The summed E-state index contributed by atoms with van der Waals surface area (Å²) in [5, 5.41) is 0. The summed E-state index contributed by atoms with van der Waals surface area (Å²) in [7, 11) is -1.73. The molecule has 0 aromatic carbocycles. The Hall–Kier alpha value is -0.943. The minimum absolute atomic E-state index is 0.0328. The number of carbonyl (C=O) groups excluding carboxylic acids is 2. The molecule has 1 aliphatic carbocycles. The van der Waals surface area contributed by atoms with Crippen LogP contribution in [0.2, 0.25) is 18.1 Å². The van der Waals surface area contributed by atoms with Crippen LogP contribution in [0.15, 0.2) is 12.2 Å². The Kier molecular flexibility index (Phi) is 8.08. The molecule has 0 spiro atoms. The van der Waals surface area contributed by atoms with Gasteiger partial charge in [0.25, 0.3) is 0 Å². The fourth-order valence-electron chi connectivity index (χ4n) is 4.46. The Morgan fingerprint density at radius 3 is 2.50 bits per heavy atom. The molecular weight excluding hydrogens is 344 g/mol. The first-order valence-corrected chi connectivity index (χ1v) is 13.1. The molecule has 1 unspecified atom stereocenters. The van der Waals surface area contributed by atoms with E-state index in [4.69, 9.17) is 9.16 Å². The number of unbranched alkanes of at least 4 members (excludes halogenated alkanes) is 2. The molecule has 0 amide bonds. The van der Waals surface area contributed by atoms with Gasteiger partial charge in [-0.3, -0.25) is 9.59 Å². The monoisotopic (exact) mass is 380 g/mol. The third-order valence-electron chi connectivity index (χ3n) is 6.42. The van der Waals surface area contributed by atoms with Crippen molar-refractivity contribution in [2.45, 2.75) is 96.6 Å². The molecule has 1 saturated heterocycles. The molecule has 0 bridgehead atoms. The average Bonchev–Trinajstić information content (AvgIpc) is 3.13. The van der Waals surface area contributed by atoms with Gasteiger partial charge in [0.1, 0.15) is 6.10 Å². The molecule has 4 nitrogen and oxygen atoms in total. The van der Waals surface area contributed by atoms with Crippen LogP contribution in [0.5, 0.6) is 0 Å². The maximum absolute atomic E-state index is 12.2. The minimum Gasteiger partial charge on any atom is -0.462 e. The lowest BCUT2D eigenvalue weighted by Crippen LogP contribution is -2.41. The maximum Gasteiger partial charge on any atom is 0.306 e. The summed E-state index contributed by atoms with van der Waals surface area (Å²) in [6, 6.07) is 3.33. The van der Waals surface area contributed by atoms with Crippen LogP contribution in [0.1, 0.15) is 66.2 Å². The largest absolute Gasteiger partial charge is 0.462 e. The van der Waals surface area contributed by atoms with E-state index in [1.807, 2.05) is 6.08 Å². The number of hydrogen-bond acceptors (Lipinski definition) is 4. The Morgan fingerprint density at radius 1 is 1.19 bits per heavy atom. The van der Waals surface area contributed by atoms with E-state index >= 15 is 0 Å². The molecule has 2 fully saturated rings. The highest BCUT2D eigenvalue weighted by Crippen LogP contribution is 2.45. The zero-order valence-electron chi connectivity index (χ0n) is 17.0. The van der Waals surface area contributed by atoms with Crippen LogP contribution in [0.25, 0.3) is 0 Å². The summed E-state index contributed by atoms with van der Waals surface area (Å²) in [5.74, 6) is 0.384. The van der Waals surface area contributed by atoms with Gasteiger partial charge in [-0.25, -0.2) is 0 Å². The molecule has 1 aliphatic heterocycles. The predicted molar refractivity (Wildman–Crippen MR) is 106 cm³/mol. The van der Waals surface area contributed by atoms with Crippen molar-refractivity contribution in [2.75, 3.05) is 0 Å². The van der Waals surface area contributed by atoms with E-state index in [9.17, 15) is 9.59 Å². The summed E-state index contributed by atoms with van der Waals surface area (Å²) in [6.07, 6.45) is 8.86. The van der Waals surface area contributed by atoms with E-state index in [1.165, 1.54) is 0 Å². The maximum atomic E-state index is 12.2. The van der Waals surface area contributed by atoms with Gasteiger partial charge < -0.3 is 9.16 Å². The molecule has 4 atom stereocenters.